The third-order valence-corrected chi connectivity index (χ3v) is 12.5. The number of H-pyrrole nitrogens is 1. The zero-order chi connectivity index (χ0) is 42.6. The van der Waals surface area contributed by atoms with Gasteiger partial charge in [0.25, 0.3) is 0 Å². The van der Waals surface area contributed by atoms with Gasteiger partial charge in [0.2, 0.25) is 23.6 Å². The molecule has 2 aromatic heterocycles. The van der Waals surface area contributed by atoms with Gasteiger partial charge in [-0.15, -0.1) is 0 Å². The lowest BCUT2D eigenvalue weighted by Gasteiger charge is -2.30. The second-order valence-corrected chi connectivity index (χ2v) is 16.8. The Morgan fingerprint density at radius 1 is 0.850 bits per heavy atom. The summed E-state index contributed by atoms with van der Waals surface area (Å²) < 4.78 is 62.3. The fraction of sp³-hybridized carbons (Fsp3) is 0.512. The van der Waals surface area contributed by atoms with Crippen LogP contribution in [0.3, 0.4) is 0 Å². The average molecular weight is 834 g/mol. The Kier molecular flexibility index (Phi) is 11.5. The fourth-order valence-corrected chi connectivity index (χ4v) is 8.55. The van der Waals surface area contributed by atoms with Crippen molar-refractivity contribution in [1.82, 2.24) is 45.6 Å². The third-order valence-electron chi connectivity index (χ3n) is 12.5. The molecular formula is C43H51F4N9O4. The molecule has 0 unspecified atom stereocenters. The monoisotopic (exact) mass is 833 g/mol. The van der Waals surface area contributed by atoms with Crippen molar-refractivity contribution in [3.63, 3.8) is 0 Å². The first kappa shape index (κ1) is 41.4. The molecular weight excluding hydrogens is 783 g/mol. The maximum absolute atomic E-state index is 15.5. The largest absolute Gasteiger partial charge is 0.351 e. The molecule has 2 aliphatic heterocycles. The Labute approximate surface area is 344 Å². The lowest BCUT2D eigenvalue weighted by molar-refractivity contribution is -0.138. The van der Waals surface area contributed by atoms with Crippen LogP contribution in [0, 0.1) is 23.5 Å². The van der Waals surface area contributed by atoms with Crippen molar-refractivity contribution in [3.05, 3.63) is 59.3 Å². The van der Waals surface area contributed by atoms with Gasteiger partial charge < -0.3 is 40.6 Å². The Hall–Kier alpha value is -5.29. The van der Waals surface area contributed by atoms with Crippen LogP contribution in [0.4, 0.5) is 17.6 Å². The van der Waals surface area contributed by atoms with Crippen molar-refractivity contribution in [2.75, 3.05) is 27.2 Å². The number of carbonyl (C=O) groups excluding carboxylic acids is 4. The quantitative estimate of drug-likeness (QED) is 0.119. The topological polar surface area (TPSA) is 156 Å². The van der Waals surface area contributed by atoms with E-state index in [1.54, 1.807) is 50.7 Å². The van der Waals surface area contributed by atoms with E-state index in [2.05, 4.69) is 26.3 Å². The molecule has 0 radical (unpaired) electrons. The molecule has 0 spiro atoms. The number of likely N-dealkylation sites (tertiary alicyclic amines) is 2. The van der Waals surface area contributed by atoms with E-state index in [0.717, 1.165) is 25.7 Å². The first-order valence-electron chi connectivity index (χ1n) is 20.8. The van der Waals surface area contributed by atoms with Gasteiger partial charge in [0.05, 0.1) is 47.9 Å². The summed E-state index contributed by atoms with van der Waals surface area (Å²) in [5, 5.41) is 12.1. The van der Waals surface area contributed by atoms with Crippen molar-refractivity contribution < 1.29 is 36.7 Å². The molecule has 17 heteroatoms. The molecule has 2 aliphatic carbocycles. The summed E-state index contributed by atoms with van der Waals surface area (Å²) in [5.74, 6) is -2.46. The van der Waals surface area contributed by atoms with Gasteiger partial charge in [0.1, 0.15) is 36.1 Å². The molecule has 4 fully saturated rings. The lowest BCUT2D eigenvalue weighted by Crippen LogP contribution is -2.54. The number of allylic oxidation sites excluding steroid dienone is 1. The SMILES string of the molecule is CN[C@@H](C)C(=O)N[C@H](C(=O)N1C[C@@H](F)C/C1=C\c1c(-c2nc3cc(F)ccc3n2C[C@@H]2C[C@H](F)CN2C(=O)[C@@H](NC(=O)[C@H](C)NC)C2CC2)[nH]c2cc(F)ccc12)C1CC1. The molecule has 8 rings (SSSR count). The molecule has 5 N–H and O–H groups in total. The third kappa shape index (κ3) is 8.25. The van der Waals surface area contributed by atoms with E-state index in [0.29, 0.717) is 33.4 Å². The van der Waals surface area contributed by atoms with E-state index in [-0.39, 0.29) is 73.4 Å². The van der Waals surface area contributed by atoms with E-state index >= 15 is 8.78 Å². The molecule has 2 saturated carbocycles. The highest BCUT2D eigenvalue weighted by molar-refractivity contribution is 5.98. The van der Waals surface area contributed by atoms with Crippen molar-refractivity contribution in [2.24, 2.45) is 11.8 Å². The van der Waals surface area contributed by atoms with Gasteiger partial charge in [-0.2, -0.15) is 0 Å². The number of amides is 4. The van der Waals surface area contributed by atoms with Crippen LogP contribution < -0.4 is 21.3 Å². The maximum Gasteiger partial charge on any atom is 0.249 e. The van der Waals surface area contributed by atoms with E-state index in [1.165, 1.54) is 34.1 Å². The highest BCUT2D eigenvalue weighted by Gasteiger charge is 2.46. The van der Waals surface area contributed by atoms with Gasteiger partial charge in [-0.05, 0) is 102 Å². The number of likely N-dealkylation sites (N-methyl/N-ethyl adjacent to an activating group) is 2. The number of nitrogens with zero attached hydrogens (tertiary/aromatic N) is 4. The molecule has 4 amide bonds. The van der Waals surface area contributed by atoms with Crippen molar-refractivity contribution in [3.8, 4) is 11.5 Å². The van der Waals surface area contributed by atoms with Gasteiger partial charge in [-0.3, -0.25) is 19.2 Å². The number of nitrogens with one attached hydrogen (secondary N) is 5. The smallest absolute Gasteiger partial charge is 0.249 e. The summed E-state index contributed by atoms with van der Waals surface area (Å²) >= 11 is 0. The number of halogens is 4. The Morgan fingerprint density at radius 3 is 2.10 bits per heavy atom. The Bertz CT molecular complexity index is 2360. The predicted octanol–water partition coefficient (Wildman–Crippen LogP) is 4.32. The summed E-state index contributed by atoms with van der Waals surface area (Å²) in [7, 11) is 3.29. The first-order chi connectivity index (χ1) is 28.7. The van der Waals surface area contributed by atoms with Crippen molar-refractivity contribution in [2.45, 2.75) is 101 Å². The second kappa shape index (κ2) is 16.6. The van der Waals surface area contributed by atoms with E-state index in [4.69, 9.17) is 4.98 Å². The van der Waals surface area contributed by atoms with E-state index < -0.39 is 60.1 Å². The number of carbonyl (C=O) groups is 4. The molecule has 4 heterocycles. The Balaban J connectivity index is 1.19. The number of aromatic nitrogens is 3. The summed E-state index contributed by atoms with van der Waals surface area (Å²) in [5.41, 5.74) is 2.28. The molecule has 2 saturated heterocycles. The highest BCUT2D eigenvalue weighted by Crippen LogP contribution is 2.40. The number of hydrogen-bond donors (Lipinski definition) is 5. The summed E-state index contributed by atoms with van der Waals surface area (Å²) in [6.07, 6.45) is 1.81. The van der Waals surface area contributed by atoms with Crippen LogP contribution in [0.25, 0.3) is 39.5 Å². The maximum atomic E-state index is 15.5. The summed E-state index contributed by atoms with van der Waals surface area (Å²) in [4.78, 5) is 65.3. The average Bonchev–Trinajstić information content (AvgIpc) is 4.13. The molecule has 7 atom stereocenters. The number of hydrogen-bond acceptors (Lipinski definition) is 7. The van der Waals surface area contributed by atoms with Crippen LogP contribution in [0.1, 0.15) is 57.9 Å². The predicted molar refractivity (Wildman–Crippen MR) is 218 cm³/mol. The van der Waals surface area contributed by atoms with Gasteiger partial charge >= 0.3 is 0 Å². The zero-order valence-electron chi connectivity index (χ0n) is 34.0. The Morgan fingerprint density at radius 2 is 1.47 bits per heavy atom. The highest BCUT2D eigenvalue weighted by atomic mass is 19.1. The van der Waals surface area contributed by atoms with Crippen molar-refractivity contribution in [1.29, 1.82) is 0 Å². The number of imidazole rings is 1. The lowest BCUT2D eigenvalue weighted by atomic mass is 10.1. The molecule has 0 bridgehead atoms. The molecule has 60 heavy (non-hydrogen) atoms. The second-order valence-electron chi connectivity index (χ2n) is 16.8. The molecule has 4 aliphatic rings. The normalized spacial score (nSPS) is 23.3. The standard InChI is InChI=1S/C43H51F4N9O4/c1-21(48-3)40(57)52-36(23-5-6-23)42(59)54-18-27(46)13-29(54)17-32-31-11-9-25(44)15-33(31)50-38(32)39-51-34-16-26(45)10-12-35(34)56(39)20-30-14-28(47)19-55(30)43(60)37(24-7-8-24)53-41(58)22(2)49-4/h9-12,15-17,21-24,27-28,30,36-37,48-50H,5-8,13-14,18-20H2,1-4H3,(H,52,57)(H,53,58)/b29-17+/t21-,22-,27-,28-,30-,36-,37-/m0/s1. The molecule has 13 nitrogen and oxygen atoms in total. The minimum Gasteiger partial charge on any atom is -0.351 e. The van der Waals surface area contributed by atoms with Crippen LogP contribution >= 0.6 is 0 Å². The fourth-order valence-electron chi connectivity index (χ4n) is 8.55. The van der Waals surface area contributed by atoms with Crippen LogP contribution in [-0.4, -0.2) is 118 Å². The first-order valence-corrected chi connectivity index (χ1v) is 20.8. The van der Waals surface area contributed by atoms with Gasteiger partial charge in [0, 0.05) is 47.6 Å². The van der Waals surface area contributed by atoms with Gasteiger partial charge in [0.15, 0.2) is 5.82 Å². The number of aromatic amines is 1. The van der Waals surface area contributed by atoms with Crippen LogP contribution in [-0.2, 0) is 25.7 Å². The van der Waals surface area contributed by atoms with Crippen LogP contribution in [0.5, 0.6) is 0 Å². The number of fused-ring (bicyclic) bond motifs is 2. The van der Waals surface area contributed by atoms with Crippen LogP contribution in [0.2, 0.25) is 0 Å². The van der Waals surface area contributed by atoms with E-state index in [1.807, 2.05) is 0 Å². The summed E-state index contributed by atoms with van der Waals surface area (Å²) in [6, 6.07) is 4.78. The van der Waals surface area contributed by atoms with Crippen molar-refractivity contribution >= 4 is 51.6 Å². The summed E-state index contributed by atoms with van der Waals surface area (Å²) in [6.45, 7) is 3.01. The number of benzene rings is 2. The minimum atomic E-state index is -1.39. The van der Waals surface area contributed by atoms with E-state index in [9.17, 15) is 28.0 Å². The number of rotatable bonds is 14. The number of alkyl halides is 2. The van der Waals surface area contributed by atoms with Gasteiger partial charge in [-0.1, -0.05) is 0 Å². The van der Waals surface area contributed by atoms with Crippen LogP contribution in [0.15, 0.2) is 42.1 Å². The minimum absolute atomic E-state index is 0.000123. The van der Waals surface area contributed by atoms with Gasteiger partial charge in [-0.25, -0.2) is 22.5 Å². The molecule has 320 valence electrons. The zero-order valence-corrected chi connectivity index (χ0v) is 34.0. The molecule has 2 aromatic carbocycles. The molecule has 4 aromatic rings.